The Balaban J connectivity index is 4.26. The molecular weight excluding hydrogens is 1110 g/mol. The van der Waals surface area contributed by atoms with E-state index in [2.05, 4.69) is 220 Å². The number of likely N-dealkylation sites (N-methyl/N-ethyl adjacent to an activating group) is 1. The second-order valence-corrected chi connectivity index (χ2v) is 24.2. The van der Waals surface area contributed by atoms with Crippen molar-refractivity contribution in [3.05, 3.63) is 207 Å². The fourth-order valence-corrected chi connectivity index (χ4v) is 8.94. The highest BCUT2D eigenvalue weighted by molar-refractivity contribution is 7.47. The van der Waals surface area contributed by atoms with E-state index in [0.29, 0.717) is 23.9 Å². The summed E-state index contributed by atoms with van der Waals surface area (Å²) in [5.41, 5.74) is 0. The van der Waals surface area contributed by atoms with Gasteiger partial charge in [0.1, 0.15) is 19.8 Å². The Bertz CT molecular complexity index is 2240. The largest absolute Gasteiger partial charge is 0.472 e. The monoisotopic (exact) mass is 1230 g/mol. The van der Waals surface area contributed by atoms with Gasteiger partial charge in [-0.25, -0.2) is 4.57 Å². The van der Waals surface area contributed by atoms with E-state index in [-0.39, 0.29) is 26.1 Å². The number of hydrogen-bond acceptors (Lipinski definition) is 7. The predicted octanol–water partition coefficient (Wildman–Crippen LogP) is 22.3. The minimum Gasteiger partial charge on any atom is -0.462 e. The van der Waals surface area contributed by atoms with Crippen molar-refractivity contribution in [3.63, 3.8) is 0 Å². The molecule has 2 unspecified atom stereocenters. The van der Waals surface area contributed by atoms with Crippen LogP contribution in [0.15, 0.2) is 207 Å². The Morgan fingerprint density at radius 1 is 0.352 bits per heavy atom. The first-order valence-electron chi connectivity index (χ1n) is 33.8. The molecule has 0 bridgehead atoms. The number of hydrogen-bond donors (Lipinski definition) is 1. The average molecular weight is 1230 g/mol. The molecule has 0 aliphatic rings. The average Bonchev–Trinajstić information content (AvgIpc) is 3.68. The lowest BCUT2D eigenvalue weighted by Crippen LogP contribution is -2.37. The molecule has 2 atom stereocenters. The summed E-state index contributed by atoms with van der Waals surface area (Å²) in [4.78, 5) is 35.8. The first-order chi connectivity index (χ1) is 43.0. The van der Waals surface area contributed by atoms with Crippen LogP contribution in [0.3, 0.4) is 0 Å². The zero-order chi connectivity index (χ0) is 64.1. The van der Waals surface area contributed by atoms with Crippen molar-refractivity contribution >= 4 is 19.8 Å². The van der Waals surface area contributed by atoms with Crippen molar-refractivity contribution in [2.75, 3.05) is 47.5 Å². The Morgan fingerprint density at radius 2 is 0.614 bits per heavy atom. The third-order valence-corrected chi connectivity index (χ3v) is 14.3. The van der Waals surface area contributed by atoms with Crippen molar-refractivity contribution in [2.45, 2.75) is 225 Å². The van der Waals surface area contributed by atoms with Gasteiger partial charge < -0.3 is 18.9 Å². The van der Waals surface area contributed by atoms with E-state index >= 15 is 0 Å². The van der Waals surface area contributed by atoms with Crippen molar-refractivity contribution in [3.8, 4) is 0 Å². The molecule has 492 valence electrons. The van der Waals surface area contributed by atoms with E-state index in [4.69, 9.17) is 18.5 Å². The highest BCUT2D eigenvalue weighted by Gasteiger charge is 2.27. The maximum atomic E-state index is 12.9. The highest BCUT2D eigenvalue weighted by atomic mass is 31.2. The van der Waals surface area contributed by atoms with Gasteiger partial charge in [-0.1, -0.05) is 265 Å². The second kappa shape index (κ2) is 66.0. The summed E-state index contributed by atoms with van der Waals surface area (Å²) < 4.78 is 34.6. The number of quaternary nitrogens is 1. The lowest BCUT2D eigenvalue weighted by molar-refractivity contribution is -0.870. The van der Waals surface area contributed by atoms with Crippen LogP contribution < -0.4 is 0 Å². The molecule has 0 amide bonds. The van der Waals surface area contributed by atoms with Gasteiger partial charge in [0.25, 0.3) is 0 Å². The van der Waals surface area contributed by atoms with Gasteiger partial charge in [0.05, 0.1) is 27.7 Å². The van der Waals surface area contributed by atoms with Gasteiger partial charge in [-0.3, -0.25) is 18.6 Å². The first kappa shape index (κ1) is 82.6. The van der Waals surface area contributed by atoms with Gasteiger partial charge in [-0.05, 0) is 148 Å². The zero-order valence-electron chi connectivity index (χ0n) is 55.9. The summed E-state index contributed by atoms with van der Waals surface area (Å²) in [6, 6.07) is 0. The molecular formula is C78H123NO8P+. The van der Waals surface area contributed by atoms with E-state index in [1.165, 1.54) is 25.7 Å². The number of unbranched alkanes of at least 4 members (excludes halogenated alkanes) is 11. The lowest BCUT2D eigenvalue weighted by atomic mass is 10.1. The third-order valence-electron chi connectivity index (χ3n) is 13.3. The Hall–Kier alpha value is -5.41. The van der Waals surface area contributed by atoms with Gasteiger partial charge in [0.2, 0.25) is 0 Å². The molecule has 0 aromatic heterocycles. The van der Waals surface area contributed by atoms with E-state index in [9.17, 15) is 19.0 Å². The summed E-state index contributed by atoms with van der Waals surface area (Å²) >= 11 is 0. The van der Waals surface area contributed by atoms with Crippen LogP contribution in [-0.2, 0) is 32.7 Å². The normalized spacial score (nSPS) is 14.5. The summed E-state index contributed by atoms with van der Waals surface area (Å²) in [7, 11) is 1.42. The number of carbonyl (C=O) groups is 2. The Morgan fingerprint density at radius 3 is 0.920 bits per heavy atom. The topological polar surface area (TPSA) is 108 Å². The molecule has 0 radical (unpaired) electrons. The molecule has 9 nitrogen and oxygen atoms in total. The van der Waals surface area contributed by atoms with Crippen molar-refractivity contribution < 1.29 is 42.1 Å². The van der Waals surface area contributed by atoms with Crippen LogP contribution >= 0.6 is 7.82 Å². The molecule has 0 saturated carbocycles. The number of carbonyl (C=O) groups excluding carboxylic acids is 2. The molecule has 0 aromatic rings. The second-order valence-electron chi connectivity index (χ2n) is 22.7. The van der Waals surface area contributed by atoms with Crippen molar-refractivity contribution in [1.29, 1.82) is 0 Å². The van der Waals surface area contributed by atoms with E-state index in [1.54, 1.807) is 0 Å². The molecule has 10 heteroatoms. The number of allylic oxidation sites excluding steroid dienone is 34. The van der Waals surface area contributed by atoms with E-state index in [0.717, 1.165) is 154 Å². The number of phosphoric acid groups is 1. The van der Waals surface area contributed by atoms with Crippen molar-refractivity contribution in [1.82, 2.24) is 0 Å². The Labute approximate surface area is 538 Å². The zero-order valence-corrected chi connectivity index (χ0v) is 56.8. The van der Waals surface area contributed by atoms with Crippen LogP contribution in [-0.4, -0.2) is 74.9 Å². The van der Waals surface area contributed by atoms with Gasteiger partial charge in [0, 0.05) is 12.8 Å². The van der Waals surface area contributed by atoms with E-state index < -0.39 is 32.5 Å². The number of nitrogens with zero attached hydrogens (tertiary/aromatic N) is 1. The molecule has 0 rings (SSSR count). The van der Waals surface area contributed by atoms with Crippen molar-refractivity contribution in [2.24, 2.45) is 0 Å². The summed E-state index contributed by atoms with van der Waals surface area (Å²) in [5.74, 6) is -0.863. The van der Waals surface area contributed by atoms with Gasteiger partial charge in [-0.2, -0.15) is 0 Å². The fourth-order valence-electron chi connectivity index (χ4n) is 8.20. The first-order valence-corrected chi connectivity index (χ1v) is 35.3. The number of phosphoric ester groups is 1. The van der Waals surface area contributed by atoms with Crippen LogP contribution in [0.5, 0.6) is 0 Å². The standard InChI is InChI=1S/C78H122NO8P/c1-6-8-10-12-14-16-18-20-22-24-26-28-30-32-34-35-36-37-38-39-40-41-42-43-45-47-49-51-53-55-57-59-61-63-65-67-69-71-78(81)87-76(75-86-88(82,83)85-73-72-79(3,4)5)74-84-77(80)70-68-66-64-62-60-58-56-54-52-50-48-46-44-33-31-29-27-25-23-21-19-17-15-13-11-9-7-2/h8-11,14-17,20-23,26-29,32-34,36-37,39-40,42-44,47-50,53,55,59,61,76H,6-7,12-13,18-19,24-25,30-31,35,38,41,45-46,51-52,54,56-58,60,62-75H2,1-5H3/p+1/b10-8-,11-9-,16-14-,17-15-,22-20-,23-21-,28-26-,29-27-,34-32-,37-36-,40-39-,43-42-,44-33-,49-47-,50-48-,55-53-,61-59-. The number of esters is 2. The summed E-state index contributed by atoms with van der Waals surface area (Å²) in [6.07, 6.45) is 105. The van der Waals surface area contributed by atoms with Crippen LogP contribution in [0.1, 0.15) is 219 Å². The molecule has 0 aliphatic carbocycles. The quantitative estimate of drug-likeness (QED) is 0.0211. The van der Waals surface area contributed by atoms with Gasteiger partial charge in [0.15, 0.2) is 6.10 Å². The van der Waals surface area contributed by atoms with Gasteiger partial charge >= 0.3 is 19.8 Å². The fraction of sp³-hybridized carbons (Fsp3) is 0.538. The Kier molecular flexibility index (Phi) is 62.0. The minimum atomic E-state index is -4.42. The highest BCUT2D eigenvalue weighted by Crippen LogP contribution is 2.43. The maximum Gasteiger partial charge on any atom is 0.472 e. The van der Waals surface area contributed by atoms with Crippen LogP contribution in [0, 0.1) is 0 Å². The van der Waals surface area contributed by atoms with Crippen LogP contribution in [0.4, 0.5) is 0 Å². The number of ether oxygens (including phenoxy) is 2. The number of rotatable bonds is 59. The molecule has 88 heavy (non-hydrogen) atoms. The smallest absolute Gasteiger partial charge is 0.462 e. The van der Waals surface area contributed by atoms with Crippen LogP contribution in [0.2, 0.25) is 0 Å². The predicted molar refractivity (Wildman–Crippen MR) is 380 cm³/mol. The molecule has 0 heterocycles. The lowest BCUT2D eigenvalue weighted by Gasteiger charge is -2.24. The molecule has 0 spiro atoms. The summed E-state index contributed by atoms with van der Waals surface area (Å²) in [5, 5.41) is 0. The van der Waals surface area contributed by atoms with E-state index in [1.807, 2.05) is 21.1 Å². The minimum absolute atomic E-state index is 0.0110. The van der Waals surface area contributed by atoms with Gasteiger partial charge in [-0.15, -0.1) is 0 Å². The molecule has 0 aromatic carbocycles. The third kappa shape index (κ3) is 69.7. The molecule has 1 N–H and O–H groups in total. The molecule has 0 fully saturated rings. The maximum absolute atomic E-state index is 12.9. The molecule has 0 aliphatic heterocycles. The SMILES string of the molecule is CC/C=C\C/C=C\C/C=C\C/C=C\C/C=C\C/C=C\C/C=C\C/C=C\C/C=C\C/C=C\C/C=C\CCCCCC(=O)OC(COC(=O)CCCCCCCCCC/C=C\C/C=C\C/C=C\C/C=C\C/C=C\C/C=C\CC)COP(=O)(O)OCC[N+](C)(C)C. The van der Waals surface area contributed by atoms with Crippen LogP contribution in [0.25, 0.3) is 0 Å². The molecule has 0 saturated heterocycles. The summed E-state index contributed by atoms with van der Waals surface area (Å²) in [6.45, 7) is 4.12.